The molecule has 1 unspecified atom stereocenters. The van der Waals surface area contributed by atoms with E-state index in [1.54, 1.807) is 11.0 Å². The molecular formula is C29H44N2O6. The van der Waals surface area contributed by atoms with Gasteiger partial charge in [-0.25, -0.2) is 0 Å². The van der Waals surface area contributed by atoms with Crippen molar-refractivity contribution in [1.82, 2.24) is 9.80 Å². The third-order valence-electron chi connectivity index (χ3n) is 8.45. The summed E-state index contributed by atoms with van der Waals surface area (Å²) in [4.78, 5) is 45.6. The zero-order chi connectivity index (χ0) is 27.2. The molecule has 2 amide bonds. The molecule has 2 fully saturated rings. The van der Waals surface area contributed by atoms with Crippen LogP contribution in [0.15, 0.2) is 24.3 Å². The fourth-order valence-electron chi connectivity index (χ4n) is 7.34. The Labute approximate surface area is 221 Å². The van der Waals surface area contributed by atoms with Gasteiger partial charge in [0.1, 0.15) is 29.8 Å². The van der Waals surface area contributed by atoms with E-state index in [9.17, 15) is 19.5 Å². The van der Waals surface area contributed by atoms with Crippen molar-refractivity contribution in [1.29, 1.82) is 0 Å². The van der Waals surface area contributed by atoms with Crippen LogP contribution in [0.25, 0.3) is 0 Å². The van der Waals surface area contributed by atoms with Gasteiger partial charge < -0.3 is 24.4 Å². The molecule has 0 aromatic heterocycles. The summed E-state index contributed by atoms with van der Waals surface area (Å²) in [6.07, 6.45) is 10.8. The fraction of sp³-hybridized carbons (Fsp3) is 0.759. The topological polar surface area (TPSA) is 96.4 Å². The predicted molar refractivity (Wildman–Crippen MR) is 139 cm³/mol. The lowest BCUT2D eigenvalue weighted by molar-refractivity contribution is -0.160. The van der Waals surface area contributed by atoms with Gasteiger partial charge in [0.25, 0.3) is 0 Å². The summed E-state index contributed by atoms with van der Waals surface area (Å²) in [5, 5.41) is 9.24. The van der Waals surface area contributed by atoms with E-state index >= 15 is 0 Å². The van der Waals surface area contributed by atoms with E-state index in [-0.39, 0.29) is 30.4 Å². The van der Waals surface area contributed by atoms with E-state index in [0.717, 1.165) is 12.8 Å². The smallest absolute Gasteiger partial charge is 0.313 e. The van der Waals surface area contributed by atoms with Gasteiger partial charge in [0, 0.05) is 25.2 Å². The second-order valence-electron chi connectivity index (χ2n) is 12.9. The van der Waals surface area contributed by atoms with Crippen molar-refractivity contribution >= 4 is 17.8 Å². The van der Waals surface area contributed by atoms with Crippen molar-refractivity contribution in [3.8, 4) is 0 Å². The molecule has 0 bridgehead atoms. The highest BCUT2D eigenvalue weighted by Crippen LogP contribution is 2.58. The largest absolute Gasteiger partial charge is 0.461 e. The molecule has 4 heterocycles. The van der Waals surface area contributed by atoms with Crippen LogP contribution in [-0.2, 0) is 23.9 Å². The Balaban J connectivity index is 1.81. The SMILES string of the molecule is CC[C@]12C=CCOC(=O)[C@H]1[C@H]1C(=O)N(CCCCCO)C3C(=O)N(C(C)(C)CC(C)(C)C)CC=C[C@@]31O2. The maximum absolute atomic E-state index is 14.5. The van der Waals surface area contributed by atoms with Gasteiger partial charge in [0.05, 0.1) is 5.92 Å². The number of amides is 2. The Bertz CT molecular complexity index is 981. The molecule has 0 aliphatic carbocycles. The number of likely N-dealkylation sites (tertiary alicyclic amines) is 1. The Morgan fingerprint density at radius 2 is 1.73 bits per heavy atom. The van der Waals surface area contributed by atoms with Crippen molar-refractivity contribution in [2.45, 2.75) is 96.4 Å². The normalized spacial score (nSPS) is 33.7. The minimum Gasteiger partial charge on any atom is -0.461 e. The van der Waals surface area contributed by atoms with Crippen molar-refractivity contribution in [2.24, 2.45) is 17.3 Å². The Hall–Kier alpha value is -2.19. The van der Waals surface area contributed by atoms with E-state index in [1.165, 1.54) is 0 Å². The zero-order valence-corrected chi connectivity index (χ0v) is 23.3. The first-order valence-corrected chi connectivity index (χ1v) is 13.8. The number of aliphatic hydroxyl groups is 1. The number of hydrogen-bond donors (Lipinski definition) is 1. The highest BCUT2D eigenvalue weighted by molar-refractivity contribution is 5.99. The van der Waals surface area contributed by atoms with E-state index in [4.69, 9.17) is 9.47 Å². The number of aliphatic hydroxyl groups excluding tert-OH is 1. The van der Waals surface area contributed by atoms with Crippen LogP contribution in [-0.4, -0.2) is 81.8 Å². The molecule has 0 aromatic rings. The molecule has 4 aliphatic heterocycles. The minimum atomic E-state index is -1.25. The summed E-state index contributed by atoms with van der Waals surface area (Å²) in [5.74, 6) is -2.47. The molecule has 0 saturated carbocycles. The lowest BCUT2D eigenvalue weighted by Gasteiger charge is -2.45. The first kappa shape index (κ1) is 27.8. The van der Waals surface area contributed by atoms with Crippen LogP contribution in [0, 0.1) is 17.3 Å². The third-order valence-corrected chi connectivity index (χ3v) is 8.45. The van der Waals surface area contributed by atoms with E-state index in [2.05, 4.69) is 34.6 Å². The van der Waals surface area contributed by atoms with Crippen LogP contribution in [0.1, 0.15) is 73.6 Å². The summed E-state index contributed by atoms with van der Waals surface area (Å²) < 4.78 is 12.4. The number of hydrogen-bond acceptors (Lipinski definition) is 6. The first-order chi connectivity index (χ1) is 17.3. The van der Waals surface area contributed by atoms with Gasteiger partial charge in [-0.3, -0.25) is 14.4 Å². The number of rotatable bonds is 8. The van der Waals surface area contributed by atoms with Gasteiger partial charge in [-0.1, -0.05) is 45.9 Å². The number of nitrogens with zero attached hydrogens (tertiary/aromatic N) is 2. The summed E-state index contributed by atoms with van der Waals surface area (Å²) >= 11 is 0. The molecule has 5 atom stereocenters. The molecule has 1 N–H and O–H groups in total. The number of esters is 1. The number of cyclic esters (lactones) is 1. The number of ether oxygens (including phenoxy) is 2. The molecule has 8 heteroatoms. The second kappa shape index (κ2) is 9.84. The molecule has 2 saturated heterocycles. The van der Waals surface area contributed by atoms with Gasteiger partial charge in [-0.2, -0.15) is 0 Å². The molecule has 0 radical (unpaired) electrons. The lowest BCUT2D eigenvalue weighted by Crippen LogP contribution is -2.60. The molecule has 0 aromatic carbocycles. The van der Waals surface area contributed by atoms with Crippen LogP contribution < -0.4 is 0 Å². The maximum atomic E-state index is 14.5. The van der Waals surface area contributed by atoms with E-state index in [0.29, 0.717) is 32.4 Å². The van der Waals surface area contributed by atoms with Crippen LogP contribution in [0.4, 0.5) is 0 Å². The van der Waals surface area contributed by atoms with Crippen molar-refractivity contribution in [2.75, 3.05) is 26.3 Å². The average Bonchev–Trinajstić information content (AvgIpc) is 3.06. The standard InChI is InChI=1S/C29H44N2O6/c1-7-28-13-12-18-36-25(35)21(28)20-23(33)30(15-9-8-10-17-32)22-24(34)31(16-11-14-29(20,22)37-28)27(5,6)19-26(2,3)4/h11-14,20-22,32H,7-10,15-19H2,1-6H3/t20-,21+,22?,28-,29-/m0/s1. The van der Waals surface area contributed by atoms with Gasteiger partial charge in [0.15, 0.2) is 0 Å². The van der Waals surface area contributed by atoms with Crippen molar-refractivity contribution in [3.05, 3.63) is 24.3 Å². The molecule has 206 valence electrons. The monoisotopic (exact) mass is 516 g/mol. The quantitative estimate of drug-likeness (QED) is 0.302. The highest BCUT2D eigenvalue weighted by atomic mass is 16.6. The predicted octanol–water partition coefficient (Wildman–Crippen LogP) is 3.24. The van der Waals surface area contributed by atoms with Crippen LogP contribution in [0.3, 0.4) is 0 Å². The van der Waals surface area contributed by atoms with Crippen LogP contribution in [0.5, 0.6) is 0 Å². The van der Waals surface area contributed by atoms with Gasteiger partial charge in [-0.15, -0.1) is 0 Å². The van der Waals surface area contributed by atoms with Crippen LogP contribution >= 0.6 is 0 Å². The Kier molecular flexibility index (Phi) is 7.40. The Morgan fingerprint density at radius 1 is 1.00 bits per heavy atom. The van der Waals surface area contributed by atoms with Crippen molar-refractivity contribution in [3.63, 3.8) is 0 Å². The van der Waals surface area contributed by atoms with Gasteiger partial charge in [-0.05, 0) is 57.4 Å². The van der Waals surface area contributed by atoms with Gasteiger partial charge in [0.2, 0.25) is 11.8 Å². The first-order valence-electron chi connectivity index (χ1n) is 13.8. The molecule has 4 aliphatic rings. The van der Waals surface area contributed by atoms with Gasteiger partial charge >= 0.3 is 5.97 Å². The van der Waals surface area contributed by atoms with E-state index < -0.39 is 40.6 Å². The molecule has 1 spiro atoms. The minimum absolute atomic E-state index is 0.00658. The van der Waals surface area contributed by atoms with Crippen LogP contribution in [0.2, 0.25) is 0 Å². The number of carbonyl (C=O) groups excluding carboxylic acids is 3. The Morgan fingerprint density at radius 3 is 2.38 bits per heavy atom. The maximum Gasteiger partial charge on any atom is 0.313 e. The summed E-state index contributed by atoms with van der Waals surface area (Å²) in [6, 6.07) is -0.867. The molecule has 8 nitrogen and oxygen atoms in total. The average molecular weight is 517 g/mol. The lowest BCUT2D eigenvalue weighted by atomic mass is 9.73. The van der Waals surface area contributed by atoms with Crippen molar-refractivity contribution < 1.29 is 29.0 Å². The number of unbranched alkanes of at least 4 members (excludes halogenated alkanes) is 2. The molecular weight excluding hydrogens is 472 g/mol. The molecule has 37 heavy (non-hydrogen) atoms. The molecule has 4 rings (SSSR count). The number of carbonyl (C=O) groups is 3. The summed E-state index contributed by atoms with van der Waals surface area (Å²) in [6.45, 7) is 13.6. The summed E-state index contributed by atoms with van der Waals surface area (Å²) in [7, 11) is 0. The zero-order valence-electron chi connectivity index (χ0n) is 23.3. The number of fused-ring (bicyclic) bond motifs is 2. The second-order valence-corrected chi connectivity index (χ2v) is 12.9. The summed E-state index contributed by atoms with van der Waals surface area (Å²) in [5.41, 5.74) is -2.72. The van der Waals surface area contributed by atoms with E-state index in [1.807, 2.05) is 30.1 Å². The highest BCUT2D eigenvalue weighted by Gasteiger charge is 2.75. The third kappa shape index (κ3) is 4.65. The fourth-order valence-corrected chi connectivity index (χ4v) is 7.34.